The summed E-state index contributed by atoms with van der Waals surface area (Å²) in [4.78, 5) is 0. The SMILES string of the molecule is C=C/C=C(\C(=C)/C=C\CC)C(=C)C(C)(C)/C(C)=C/C=C/C=C/C=C/C(=C)C(C)(C)c1c(C)ccc2c1=CCCC=2. The molecule has 0 saturated carbocycles. The fourth-order valence-corrected chi connectivity index (χ4v) is 5.02. The van der Waals surface area contributed by atoms with Crippen molar-refractivity contribution in [2.75, 3.05) is 0 Å². The zero-order valence-corrected chi connectivity index (χ0v) is 26.1. The first-order chi connectivity index (χ1) is 18.9. The normalized spacial score (nSPS) is 15.0. The third kappa shape index (κ3) is 7.95. The molecule has 0 spiro atoms. The zero-order chi connectivity index (χ0) is 29.9. The van der Waals surface area contributed by atoms with Crippen LogP contribution in [-0.4, -0.2) is 0 Å². The molecule has 0 unspecified atom stereocenters. The number of hydrogen-bond donors (Lipinski definition) is 0. The molecule has 1 aliphatic rings. The Morgan fingerprint density at radius 3 is 2.20 bits per heavy atom. The minimum Gasteiger partial charge on any atom is -0.0990 e. The lowest BCUT2D eigenvalue weighted by Crippen LogP contribution is -2.38. The average molecular weight is 531 g/mol. The molecule has 0 nitrogen and oxygen atoms in total. The van der Waals surface area contributed by atoms with Crippen LogP contribution in [0.2, 0.25) is 0 Å². The number of rotatable bonds is 13. The van der Waals surface area contributed by atoms with Gasteiger partial charge in [0.2, 0.25) is 0 Å². The number of fused-ring (bicyclic) bond motifs is 1. The molecule has 1 aromatic carbocycles. The molecule has 210 valence electrons. The van der Waals surface area contributed by atoms with E-state index in [0.717, 1.165) is 41.6 Å². The standard InChI is InChI=1S/C40H50/c1-12-14-23-30(3)36(22-13-2)34(7)39(8,9)32(5)24-18-16-15-17-19-25-33(6)40(10,11)38-31(4)28-29-35-26-20-21-27-37(35)38/h13-19,22-29H,2-3,6-7,12,20-21H2,1,4-5,8-11H3/b17-15+,18-16+,23-14-,25-19+,32-24+,36-22+. The molecule has 2 rings (SSSR count). The molecule has 0 aromatic heterocycles. The number of allylic oxidation sites excluding steroid dienone is 16. The van der Waals surface area contributed by atoms with Gasteiger partial charge in [0.15, 0.2) is 0 Å². The highest BCUT2D eigenvalue weighted by Gasteiger charge is 2.27. The monoisotopic (exact) mass is 530 g/mol. The van der Waals surface area contributed by atoms with E-state index in [1.54, 1.807) is 6.08 Å². The third-order valence-corrected chi connectivity index (χ3v) is 8.13. The Labute approximate surface area is 245 Å². The highest BCUT2D eigenvalue weighted by molar-refractivity contribution is 5.55. The molecular weight excluding hydrogens is 480 g/mol. The Bertz CT molecular complexity index is 1430. The van der Waals surface area contributed by atoms with Crippen molar-refractivity contribution in [3.05, 3.63) is 155 Å². The third-order valence-electron chi connectivity index (χ3n) is 8.13. The molecule has 0 radical (unpaired) electrons. The maximum atomic E-state index is 4.45. The van der Waals surface area contributed by atoms with E-state index in [1.165, 1.54) is 27.1 Å². The Kier molecular flexibility index (Phi) is 11.9. The van der Waals surface area contributed by atoms with Crippen molar-refractivity contribution < 1.29 is 0 Å². The van der Waals surface area contributed by atoms with Gasteiger partial charge in [-0.05, 0) is 77.0 Å². The van der Waals surface area contributed by atoms with Crippen molar-refractivity contribution in [1.29, 1.82) is 0 Å². The molecule has 0 fully saturated rings. The van der Waals surface area contributed by atoms with E-state index in [0.29, 0.717) is 0 Å². The molecule has 0 amide bonds. The van der Waals surface area contributed by atoms with Gasteiger partial charge in [-0.25, -0.2) is 0 Å². The van der Waals surface area contributed by atoms with Crippen LogP contribution < -0.4 is 10.4 Å². The molecule has 0 bridgehead atoms. The quantitative estimate of drug-likeness (QED) is 0.223. The maximum Gasteiger partial charge on any atom is 0.0149 e. The van der Waals surface area contributed by atoms with Crippen LogP contribution in [0.15, 0.2) is 133 Å². The van der Waals surface area contributed by atoms with E-state index in [-0.39, 0.29) is 10.8 Å². The van der Waals surface area contributed by atoms with Crippen molar-refractivity contribution in [1.82, 2.24) is 0 Å². The van der Waals surface area contributed by atoms with Crippen LogP contribution in [0.25, 0.3) is 12.2 Å². The highest BCUT2D eigenvalue weighted by atomic mass is 14.3. The van der Waals surface area contributed by atoms with Crippen molar-refractivity contribution >= 4 is 12.2 Å². The fourth-order valence-electron chi connectivity index (χ4n) is 5.02. The molecule has 1 aromatic rings. The highest BCUT2D eigenvalue weighted by Crippen LogP contribution is 2.40. The van der Waals surface area contributed by atoms with Crippen molar-refractivity contribution in [2.45, 2.75) is 73.1 Å². The van der Waals surface area contributed by atoms with E-state index < -0.39 is 0 Å². The van der Waals surface area contributed by atoms with Crippen molar-refractivity contribution in [3.8, 4) is 0 Å². The Morgan fingerprint density at radius 2 is 1.52 bits per heavy atom. The van der Waals surface area contributed by atoms with Gasteiger partial charge in [-0.15, -0.1) is 0 Å². The summed E-state index contributed by atoms with van der Waals surface area (Å²) in [5, 5.41) is 2.73. The van der Waals surface area contributed by atoms with Crippen LogP contribution in [0.1, 0.15) is 71.9 Å². The Morgan fingerprint density at radius 1 is 0.875 bits per heavy atom. The summed E-state index contributed by atoms with van der Waals surface area (Å²) < 4.78 is 0. The lowest BCUT2D eigenvalue weighted by atomic mass is 9.73. The molecular formula is C40H50. The van der Waals surface area contributed by atoms with E-state index in [1.807, 2.05) is 6.08 Å². The van der Waals surface area contributed by atoms with Gasteiger partial charge in [-0.2, -0.15) is 0 Å². The van der Waals surface area contributed by atoms with Crippen LogP contribution in [-0.2, 0) is 5.41 Å². The largest absolute Gasteiger partial charge is 0.0990 e. The minimum atomic E-state index is -0.223. The minimum absolute atomic E-state index is 0.151. The van der Waals surface area contributed by atoms with E-state index in [9.17, 15) is 0 Å². The Hall–Kier alpha value is -3.64. The van der Waals surface area contributed by atoms with Gasteiger partial charge < -0.3 is 0 Å². The molecule has 0 atom stereocenters. The topological polar surface area (TPSA) is 0 Å². The van der Waals surface area contributed by atoms with Gasteiger partial charge in [0.05, 0.1) is 0 Å². The van der Waals surface area contributed by atoms with Crippen LogP contribution in [0, 0.1) is 12.3 Å². The summed E-state index contributed by atoms with van der Waals surface area (Å²) in [6.07, 6.45) is 30.6. The van der Waals surface area contributed by atoms with Gasteiger partial charge >= 0.3 is 0 Å². The molecule has 0 aliphatic heterocycles. The fraction of sp³-hybridized carbons (Fsp3) is 0.300. The number of hydrogen-bond acceptors (Lipinski definition) is 0. The van der Waals surface area contributed by atoms with Gasteiger partial charge in [0.25, 0.3) is 0 Å². The first-order valence-electron chi connectivity index (χ1n) is 14.5. The lowest BCUT2D eigenvalue weighted by molar-refractivity contribution is 0.548. The second-order valence-electron chi connectivity index (χ2n) is 11.6. The summed E-state index contributed by atoms with van der Waals surface area (Å²) in [6.45, 7) is 32.5. The predicted octanol–water partition coefficient (Wildman–Crippen LogP) is 10.0. The van der Waals surface area contributed by atoms with Crippen LogP contribution in [0.4, 0.5) is 0 Å². The maximum absolute atomic E-state index is 4.45. The van der Waals surface area contributed by atoms with E-state index >= 15 is 0 Å². The second-order valence-corrected chi connectivity index (χ2v) is 11.6. The van der Waals surface area contributed by atoms with E-state index in [2.05, 4.69) is 154 Å². The van der Waals surface area contributed by atoms with Crippen LogP contribution >= 0.6 is 0 Å². The molecule has 0 saturated heterocycles. The number of aryl methyl sites for hydroxylation is 1. The van der Waals surface area contributed by atoms with Crippen molar-refractivity contribution in [2.24, 2.45) is 5.41 Å². The van der Waals surface area contributed by atoms with Crippen molar-refractivity contribution in [3.63, 3.8) is 0 Å². The van der Waals surface area contributed by atoms with Gasteiger partial charge in [0, 0.05) is 10.8 Å². The summed E-state index contributed by atoms with van der Waals surface area (Å²) in [5.41, 5.74) is 7.70. The van der Waals surface area contributed by atoms with E-state index in [4.69, 9.17) is 0 Å². The summed E-state index contributed by atoms with van der Waals surface area (Å²) in [7, 11) is 0. The molecule has 0 N–H and O–H groups in total. The smallest absolute Gasteiger partial charge is 0.0149 e. The first kappa shape index (κ1) is 32.6. The van der Waals surface area contributed by atoms with Gasteiger partial charge in [0.1, 0.15) is 0 Å². The average Bonchev–Trinajstić information content (AvgIpc) is 2.92. The second kappa shape index (κ2) is 14.7. The summed E-state index contributed by atoms with van der Waals surface area (Å²) >= 11 is 0. The molecule has 0 heteroatoms. The zero-order valence-electron chi connectivity index (χ0n) is 26.1. The van der Waals surface area contributed by atoms with Crippen LogP contribution in [0.3, 0.4) is 0 Å². The number of benzene rings is 1. The molecule has 40 heavy (non-hydrogen) atoms. The van der Waals surface area contributed by atoms with Crippen LogP contribution in [0.5, 0.6) is 0 Å². The molecule has 0 heterocycles. The first-order valence-corrected chi connectivity index (χ1v) is 14.5. The summed E-state index contributed by atoms with van der Waals surface area (Å²) in [5.74, 6) is 0. The Balaban J connectivity index is 2.13. The van der Waals surface area contributed by atoms with Gasteiger partial charge in [-0.3, -0.25) is 0 Å². The lowest BCUT2D eigenvalue weighted by Gasteiger charge is -2.30. The van der Waals surface area contributed by atoms with Gasteiger partial charge in [-0.1, -0.05) is 158 Å². The molecule has 1 aliphatic carbocycles. The summed E-state index contributed by atoms with van der Waals surface area (Å²) in [6, 6.07) is 4.50. The predicted molar refractivity (Wildman–Crippen MR) is 182 cm³/mol.